The molecule has 0 bridgehead atoms. The first kappa shape index (κ1) is 46.1. The van der Waals surface area contributed by atoms with Gasteiger partial charge in [-0.15, -0.1) is 0 Å². The number of aliphatic hydroxyl groups excluding tert-OH is 7. The fourth-order valence-corrected chi connectivity index (χ4v) is 11.3. The Labute approximate surface area is 344 Å². The van der Waals surface area contributed by atoms with E-state index in [0.717, 1.165) is 12.5 Å². The number of nitrogens with one attached hydrogen (secondary N) is 1. The number of Topliss-reactive ketones (excluding diaryl/α,β-unsaturated/α-hetero) is 1. The van der Waals surface area contributed by atoms with Gasteiger partial charge in [-0.25, -0.2) is 4.79 Å². The normalized spacial score (nSPS) is 45.8. The lowest BCUT2D eigenvalue weighted by Gasteiger charge is -2.59. The van der Waals surface area contributed by atoms with Crippen LogP contribution in [0.3, 0.4) is 0 Å². The van der Waals surface area contributed by atoms with Crippen LogP contribution >= 0.6 is 0 Å². The van der Waals surface area contributed by atoms with E-state index in [1.165, 1.54) is 6.08 Å². The third kappa shape index (κ3) is 7.71. The number of carbonyl (C=O) groups is 4. The number of hydrogen-bond donors (Lipinski definition) is 10. The van der Waals surface area contributed by atoms with E-state index in [-0.39, 0.29) is 30.0 Å². The largest absolute Gasteiger partial charge is 0.477 e. The molecule has 4 aliphatic carbocycles. The number of rotatable bonds is 13. The number of nitrogens with zero attached hydrogens (tertiary/aromatic N) is 3. The number of ketones is 2. The zero-order chi connectivity index (χ0) is 44.3. The van der Waals surface area contributed by atoms with Crippen LogP contribution in [-0.2, 0) is 38.1 Å². The highest BCUT2D eigenvalue weighted by Crippen LogP contribution is 2.68. The molecule has 0 spiro atoms. The minimum atomic E-state index is -2.84. The Balaban J connectivity index is 1.16. The summed E-state index contributed by atoms with van der Waals surface area (Å²) >= 11 is 0. The molecule has 0 aromatic carbocycles. The average Bonchev–Trinajstić information content (AvgIpc) is 3.39. The first-order valence-corrected chi connectivity index (χ1v) is 20.1. The molecule has 0 aromatic rings. The van der Waals surface area contributed by atoms with Crippen molar-refractivity contribution >= 4 is 23.4 Å². The maximum atomic E-state index is 14.2. The van der Waals surface area contributed by atoms with Crippen LogP contribution in [0.5, 0.6) is 0 Å². The highest BCUT2D eigenvalue weighted by Gasteiger charge is 2.70. The van der Waals surface area contributed by atoms with E-state index in [9.17, 15) is 65.1 Å². The van der Waals surface area contributed by atoms with Crippen LogP contribution in [0.1, 0.15) is 59.8 Å². The molecule has 0 aromatic heterocycles. The van der Waals surface area contributed by atoms with Gasteiger partial charge in [0.05, 0.1) is 37.5 Å². The highest BCUT2D eigenvalue weighted by molar-refractivity contribution is 6.01. The molecule has 19 atom stereocenters. The summed E-state index contributed by atoms with van der Waals surface area (Å²) in [6, 6.07) is -1.50. The van der Waals surface area contributed by atoms with Crippen molar-refractivity contribution in [3.8, 4) is 0 Å². The van der Waals surface area contributed by atoms with Crippen molar-refractivity contribution in [3.63, 3.8) is 0 Å². The van der Waals surface area contributed by atoms with Crippen molar-refractivity contribution < 1.29 is 84.1 Å². The van der Waals surface area contributed by atoms with Crippen molar-refractivity contribution in [2.24, 2.45) is 39.6 Å². The molecule has 10 N–H and O–H groups in total. The summed E-state index contributed by atoms with van der Waals surface area (Å²) in [6.45, 7) is 4.10. The quantitative estimate of drug-likeness (QED) is 0.0551. The molecule has 2 heterocycles. The van der Waals surface area contributed by atoms with Gasteiger partial charge in [0.25, 0.3) is 5.79 Å². The van der Waals surface area contributed by atoms with E-state index in [0.29, 0.717) is 19.3 Å². The smallest absolute Gasteiger partial charge is 0.364 e. The van der Waals surface area contributed by atoms with Crippen molar-refractivity contribution in [3.05, 3.63) is 34.2 Å². The summed E-state index contributed by atoms with van der Waals surface area (Å²) in [5.41, 5.74) is 5.88. The Morgan fingerprint density at radius 1 is 1.08 bits per heavy atom. The van der Waals surface area contributed by atoms with Crippen molar-refractivity contribution in [1.29, 1.82) is 0 Å². The minimum absolute atomic E-state index is 0.0707. The summed E-state index contributed by atoms with van der Waals surface area (Å²) in [6.07, 6.45) is -12.1. The molecular formula is C39H56N4O17. The number of amides is 1. The number of ether oxygens (including phenoxy) is 4. The van der Waals surface area contributed by atoms with Crippen LogP contribution < -0.4 is 5.32 Å². The van der Waals surface area contributed by atoms with Crippen LogP contribution in [0.25, 0.3) is 10.4 Å². The number of fused-ring (bicyclic) bond motifs is 5. The Hall–Kier alpha value is -3.41. The van der Waals surface area contributed by atoms with Crippen LogP contribution in [0.15, 0.2) is 28.9 Å². The molecule has 2 saturated heterocycles. The second-order valence-corrected chi connectivity index (χ2v) is 17.8. The van der Waals surface area contributed by atoms with Crippen LogP contribution in [-0.4, -0.2) is 168 Å². The lowest BCUT2D eigenvalue weighted by atomic mass is 9.46. The number of allylic oxidation sites excluding steroid dienone is 4. The number of aliphatic carboxylic acids is 1. The van der Waals surface area contributed by atoms with Gasteiger partial charge in [-0.05, 0) is 61.1 Å². The average molecular weight is 853 g/mol. The number of carbonyl (C=O) groups excluding carboxylic acids is 3. The minimum Gasteiger partial charge on any atom is -0.477 e. The molecule has 1 amide bonds. The molecular weight excluding hydrogens is 796 g/mol. The second-order valence-electron chi connectivity index (χ2n) is 17.8. The first-order valence-electron chi connectivity index (χ1n) is 20.1. The van der Waals surface area contributed by atoms with Gasteiger partial charge in [0, 0.05) is 35.0 Å². The SMILES string of the molecule is CC(=O)NC1C(O)CC(OCC2OC(OCC(=O)C3(O)C(C)CC4C5CCC6=CC(=O)C=CC6(C)C5C(O)CC43C)C(O)C(O)C2O)(C(=O)O)OC1C(O)C(O)CN=[N+]=[N-]. The van der Waals surface area contributed by atoms with E-state index < -0.39 is 139 Å². The predicted octanol–water partition coefficient (Wildman–Crippen LogP) is -1.88. The lowest BCUT2D eigenvalue weighted by Crippen LogP contribution is -2.68. The van der Waals surface area contributed by atoms with Crippen molar-refractivity contribution in [1.82, 2.24) is 5.32 Å². The van der Waals surface area contributed by atoms with Crippen LogP contribution in [0, 0.1) is 34.5 Å². The third-order valence-electron chi connectivity index (χ3n) is 14.4. The standard InChI is InChI=1S/C39H56N4O17/c1-16-9-21-20-6-5-18-10-19(45)7-8-36(18,3)27(20)22(46)11-37(21,4)39(16,56)26(49)15-57-34-32(53)31(52)30(51)25(59-34)14-58-38(35(54)55)12-23(47)28(42-17(2)44)33(60-38)29(50)24(48)13-41-43-40/h7-8,10,16,20-25,27-34,46-48,50-53,56H,5-6,9,11-15H2,1-4H3,(H,42,44)(H,54,55). The van der Waals surface area contributed by atoms with E-state index in [2.05, 4.69) is 15.3 Å². The van der Waals surface area contributed by atoms with Gasteiger partial charge in [0.15, 0.2) is 17.9 Å². The number of aliphatic hydroxyl groups is 8. The van der Waals surface area contributed by atoms with Crippen LogP contribution in [0.4, 0.5) is 0 Å². The summed E-state index contributed by atoms with van der Waals surface area (Å²) < 4.78 is 22.6. The zero-order valence-corrected chi connectivity index (χ0v) is 33.7. The van der Waals surface area contributed by atoms with E-state index in [1.807, 2.05) is 13.0 Å². The molecule has 0 radical (unpaired) electrons. The van der Waals surface area contributed by atoms with Crippen LogP contribution in [0.2, 0.25) is 0 Å². The number of carboxylic acids is 1. The Morgan fingerprint density at radius 3 is 2.43 bits per heavy atom. The molecule has 334 valence electrons. The van der Waals surface area contributed by atoms with E-state index in [1.54, 1.807) is 19.9 Å². The Bertz CT molecular complexity index is 1810. The molecule has 5 fully saturated rings. The zero-order valence-electron chi connectivity index (χ0n) is 33.7. The lowest BCUT2D eigenvalue weighted by molar-refractivity contribution is -0.337. The van der Waals surface area contributed by atoms with E-state index >= 15 is 0 Å². The summed E-state index contributed by atoms with van der Waals surface area (Å²) in [4.78, 5) is 53.5. The Morgan fingerprint density at radius 2 is 1.78 bits per heavy atom. The molecule has 6 rings (SSSR count). The third-order valence-corrected chi connectivity index (χ3v) is 14.4. The topological polar surface area (TPSA) is 348 Å². The van der Waals surface area contributed by atoms with Gasteiger partial charge in [0.2, 0.25) is 5.91 Å². The second kappa shape index (κ2) is 17.0. The molecule has 21 nitrogen and oxygen atoms in total. The van der Waals surface area contributed by atoms with Gasteiger partial charge in [-0.2, -0.15) is 0 Å². The van der Waals surface area contributed by atoms with E-state index in [4.69, 9.17) is 24.5 Å². The van der Waals surface area contributed by atoms with Gasteiger partial charge < -0.3 is 70.2 Å². The predicted molar refractivity (Wildman–Crippen MR) is 201 cm³/mol. The molecule has 21 heteroatoms. The van der Waals surface area contributed by atoms with Crippen molar-refractivity contribution in [2.75, 3.05) is 19.8 Å². The number of azide groups is 1. The first-order chi connectivity index (χ1) is 28.1. The molecule has 3 saturated carbocycles. The number of hydrogen-bond acceptors (Lipinski definition) is 17. The maximum absolute atomic E-state index is 14.2. The highest BCUT2D eigenvalue weighted by atomic mass is 16.7. The summed E-state index contributed by atoms with van der Waals surface area (Å²) in [5, 5.41) is 105. The van der Waals surface area contributed by atoms with Gasteiger partial charge in [0.1, 0.15) is 48.8 Å². The van der Waals surface area contributed by atoms with Gasteiger partial charge >= 0.3 is 5.97 Å². The Kier molecular flexibility index (Phi) is 13.1. The van der Waals surface area contributed by atoms with Crippen molar-refractivity contribution in [2.45, 2.75) is 138 Å². The summed E-state index contributed by atoms with van der Waals surface area (Å²) in [7, 11) is 0. The fourth-order valence-electron chi connectivity index (χ4n) is 11.3. The monoisotopic (exact) mass is 852 g/mol. The van der Waals surface area contributed by atoms with Gasteiger partial charge in [-0.1, -0.05) is 37.5 Å². The number of carboxylic acid groups (broad SMARTS) is 1. The summed E-state index contributed by atoms with van der Waals surface area (Å²) in [5.74, 6) is -7.45. The fraction of sp³-hybridized carbons (Fsp3) is 0.795. The molecule has 19 unspecified atom stereocenters. The molecule has 6 aliphatic rings. The molecule has 2 aliphatic heterocycles. The maximum Gasteiger partial charge on any atom is 0.364 e. The molecule has 60 heavy (non-hydrogen) atoms. The van der Waals surface area contributed by atoms with Gasteiger partial charge in [-0.3, -0.25) is 14.4 Å².